The van der Waals surface area contributed by atoms with Crippen LogP contribution < -0.4 is 15.5 Å². The van der Waals surface area contributed by atoms with Gasteiger partial charge in [0, 0.05) is 80.3 Å². The quantitative estimate of drug-likeness (QED) is 0.247. The molecule has 10 heteroatoms. The van der Waals surface area contributed by atoms with Crippen LogP contribution in [0.4, 0.5) is 10.5 Å². The van der Waals surface area contributed by atoms with Gasteiger partial charge in [-0.3, -0.25) is 4.79 Å². The largest absolute Gasteiger partial charge is 0.369 e. The lowest BCUT2D eigenvalue weighted by Crippen LogP contribution is -2.44. The summed E-state index contributed by atoms with van der Waals surface area (Å²) in [4.78, 5) is 38.7. The number of nitrogens with zero attached hydrogens (tertiary/aromatic N) is 5. The topological polar surface area (TPSA) is 85.7 Å². The van der Waals surface area contributed by atoms with Crippen LogP contribution in [0.5, 0.6) is 0 Å². The van der Waals surface area contributed by atoms with E-state index in [1.54, 1.807) is 16.8 Å². The van der Waals surface area contributed by atoms with Gasteiger partial charge in [0.15, 0.2) is 5.65 Å². The fraction of sp³-hybridized carbons (Fsp3) is 0.417. The third-order valence-electron chi connectivity index (χ3n) is 9.24. The molecule has 242 valence electrons. The molecule has 2 aliphatic heterocycles. The maximum Gasteiger partial charge on any atom is 0.327 e. The summed E-state index contributed by atoms with van der Waals surface area (Å²) in [5.74, 6) is -0.0651. The third kappa shape index (κ3) is 6.63. The Balaban J connectivity index is 1.36. The molecule has 0 radical (unpaired) electrons. The molecule has 2 saturated heterocycles. The van der Waals surface area contributed by atoms with Crippen molar-refractivity contribution >= 4 is 40.3 Å². The van der Waals surface area contributed by atoms with Gasteiger partial charge in [-0.15, -0.1) is 0 Å². The highest BCUT2D eigenvalue weighted by atomic mass is 35.5. The molecule has 0 unspecified atom stereocenters. The number of rotatable bonds is 8. The van der Waals surface area contributed by atoms with Crippen molar-refractivity contribution in [1.82, 2.24) is 30.0 Å². The SMILES string of the molecule is CCCN1CCC(NC(=O)c2ccc(-c3c(-c4ccc(N5CCN(C)CC5)cc4)n(C(=O)NCC)c4nccc(Cl)c34)cc2)CC1. The number of hydrogen-bond acceptors (Lipinski definition) is 6. The second kappa shape index (κ2) is 14.2. The first-order valence-electron chi connectivity index (χ1n) is 16.5. The summed E-state index contributed by atoms with van der Waals surface area (Å²) in [6, 6.07) is 17.7. The van der Waals surface area contributed by atoms with Gasteiger partial charge in [0.2, 0.25) is 0 Å². The molecule has 0 bridgehead atoms. The molecule has 0 atom stereocenters. The first-order chi connectivity index (χ1) is 22.4. The number of benzene rings is 2. The van der Waals surface area contributed by atoms with Crippen molar-refractivity contribution in [3.63, 3.8) is 0 Å². The summed E-state index contributed by atoms with van der Waals surface area (Å²) in [7, 11) is 2.15. The number of pyridine rings is 1. The molecule has 2 aliphatic rings. The number of hydrogen-bond donors (Lipinski definition) is 2. The highest BCUT2D eigenvalue weighted by molar-refractivity contribution is 6.37. The fourth-order valence-electron chi connectivity index (χ4n) is 6.72. The van der Waals surface area contributed by atoms with Crippen molar-refractivity contribution in [1.29, 1.82) is 0 Å². The van der Waals surface area contributed by atoms with Gasteiger partial charge in [-0.1, -0.05) is 42.8 Å². The number of fused-ring (bicyclic) bond motifs is 1. The molecule has 2 aromatic heterocycles. The van der Waals surface area contributed by atoms with E-state index in [4.69, 9.17) is 11.6 Å². The van der Waals surface area contributed by atoms with E-state index in [0.717, 1.165) is 87.5 Å². The van der Waals surface area contributed by atoms with Crippen LogP contribution in [0.3, 0.4) is 0 Å². The number of carbonyl (C=O) groups is 2. The molecule has 0 spiro atoms. The minimum absolute atomic E-state index is 0.0651. The van der Waals surface area contributed by atoms with Gasteiger partial charge in [0.1, 0.15) is 0 Å². The lowest BCUT2D eigenvalue weighted by Gasteiger charge is -2.34. The van der Waals surface area contributed by atoms with E-state index in [-0.39, 0.29) is 18.0 Å². The van der Waals surface area contributed by atoms with Crippen molar-refractivity contribution in [2.75, 3.05) is 64.3 Å². The number of aromatic nitrogens is 2. The van der Waals surface area contributed by atoms with E-state index in [0.29, 0.717) is 33.9 Å². The number of carbonyl (C=O) groups excluding carboxylic acids is 2. The molecule has 4 heterocycles. The molecular weight excluding hydrogens is 598 g/mol. The Labute approximate surface area is 276 Å². The summed E-state index contributed by atoms with van der Waals surface area (Å²) in [5, 5.41) is 7.41. The number of nitrogens with one attached hydrogen (secondary N) is 2. The molecule has 2 amide bonds. The van der Waals surface area contributed by atoms with Crippen LogP contribution in [0.2, 0.25) is 5.02 Å². The van der Waals surface area contributed by atoms with E-state index in [9.17, 15) is 9.59 Å². The Morgan fingerprint density at radius 2 is 1.57 bits per heavy atom. The van der Waals surface area contributed by atoms with E-state index < -0.39 is 0 Å². The molecular formula is C36H44ClN7O2. The Hall–Kier alpha value is -3.92. The molecule has 6 rings (SSSR count). The molecule has 2 N–H and O–H groups in total. The zero-order chi connectivity index (χ0) is 32.2. The zero-order valence-corrected chi connectivity index (χ0v) is 27.8. The van der Waals surface area contributed by atoms with Crippen LogP contribution in [-0.2, 0) is 0 Å². The minimum atomic E-state index is -0.271. The number of piperidine rings is 1. The average molecular weight is 642 g/mol. The van der Waals surface area contributed by atoms with Gasteiger partial charge < -0.3 is 25.3 Å². The Bertz CT molecular complexity index is 1670. The maximum atomic E-state index is 13.6. The average Bonchev–Trinajstić information content (AvgIpc) is 3.43. The van der Waals surface area contributed by atoms with Crippen LogP contribution in [0, 0.1) is 0 Å². The van der Waals surface area contributed by atoms with E-state index >= 15 is 0 Å². The van der Waals surface area contributed by atoms with Gasteiger partial charge in [0.25, 0.3) is 5.91 Å². The monoisotopic (exact) mass is 641 g/mol. The van der Waals surface area contributed by atoms with Gasteiger partial charge in [-0.25, -0.2) is 14.3 Å². The highest BCUT2D eigenvalue weighted by Crippen LogP contribution is 2.43. The Kier molecular flexibility index (Phi) is 9.92. The molecule has 0 saturated carbocycles. The van der Waals surface area contributed by atoms with Crippen LogP contribution in [-0.4, -0.2) is 96.7 Å². The van der Waals surface area contributed by atoms with E-state index in [2.05, 4.69) is 68.6 Å². The lowest BCUT2D eigenvalue weighted by atomic mass is 9.97. The standard InChI is InChI=1S/C36H44ClN7O2/c1-4-18-42-19-15-28(16-20-42)40-35(45)27-8-6-25(7-9-27)31-32-30(37)14-17-39-34(32)44(36(46)38-5-2)33(31)26-10-12-29(13-11-26)43-23-21-41(3)22-24-43/h6-14,17,28H,4-5,15-16,18-24H2,1-3H3,(H,38,46)(H,40,45). The van der Waals surface area contributed by atoms with E-state index in [1.165, 1.54) is 0 Å². The minimum Gasteiger partial charge on any atom is -0.369 e. The number of piperazine rings is 1. The first-order valence-corrected chi connectivity index (χ1v) is 16.9. The summed E-state index contributed by atoms with van der Waals surface area (Å²) in [6.07, 6.45) is 4.71. The Morgan fingerprint density at radius 1 is 0.891 bits per heavy atom. The van der Waals surface area contributed by atoms with Crippen molar-refractivity contribution in [2.24, 2.45) is 0 Å². The highest BCUT2D eigenvalue weighted by Gasteiger charge is 2.27. The summed E-state index contributed by atoms with van der Waals surface area (Å²) >= 11 is 6.86. The molecule has 46 heavy (non-hydrogen) atoms. The number of amides is 2. The molecule has 2 fully saturated rings. The van der Waals surface area contributed by atoms with Crippen molar-refractivity contribution in [2.45, 2.75) is 39.2 Å². The smallest absolute Gasteiger partial charge is 0.327 e. The summed E-state index contributed by atoms with van der Waals surface area (Å²) in [5.41, 5.74) is 5.50. The van der Waals surface area contributed by atoms with Crippen molar-refractivity contribution in [3.05, 3.63) is 71.4 Å². The lowest BCUT2D eigenvalue weighted by molar-refractivity contribution is 0.0911. The number of anilines is 1. The number of halogens is 1. The predicted octanol–water partition coefficient (Wildman–Crippen LogP) is 5.96. The number of likely N-dealkylation sites (tertiary alicyclic amines) is 1. The zero-order valence-electron chi connectivity index (χ0n) is 27.1. The summed E-state index contributed by atoms with van der Waals surface area (Å²) < 4.78 is 1.64. The van der Waals surface area contributed by atoms with Crippen LogP contribution in [0.25, 0.3) is 33.4 Å². The van der Waals surface area contributed by atoms with Gasteiger partial charge >= 0.3 is 6.03 Å². The van der Waals surface area contributed by atoms with Crippen molar-refractivity contribution < 1.29 is 9.59 Å². The summed E-state index contributed by atoms with van der Waals surface area (Å²) in [6.45, 7) is 11.7. The number of likely N-dealkylation sites (N-methyl/N-ethyl adjacent to an activating group) is 1. The van der Waals surface area contributed by atoms with Gasteiger partial charge in [0.05, 0.1) is 10.7 Å². The molecule has 9 nitrogen and oxygen atoms in total. The van der Waals surface area contributed by atoms with Gasteiger partial charge in [-0.05, 0) is 81.2 Å². The second-order valence-corrected chi connectivity index (χ2v) is 12.8. The maximum absolute atomic E-state index is 13.6. The van der Waals surface area contributed by atoms with Crippen LogP contribution in [0.15, 0.2) is 60.8 Å². The molecule has 2 aromatic carbocycles. The Morgan fingerprint density at radius 3 is 2.22 bits per heavy atom. The predicted molar refractivity (Wildman–Crippen MR) is 187 cm³/mol. The van der Waals surface area contributed by atoms with Gasteiger partial charge in [-0.2, -0.15) is 0 Å². The molecule has 0 aliphatic carbocycles. The van der Waals surface area contributed by atoms with Crippen LogP contribution >= 0.6 is 11.6 Å². The fourth-order valence-corrected chi connectivity index (χ4v) is 6.95. The first kappa shape index (κ1) is 32.0. The normalized spacial score (nSPS) is 16.6. The van der Waals surface area contributed by atoms with Crippen LogP contribution in [0.1, 0.15) is 43.5 Å². The van der Waals surface area contributed by atoms with Crippen molar-refractivity contribution in [3.8, 4) is 22.4 Å². The molecule has 4 aromatic rings. The second-order valence-electron chi connectivity index (χ2n) is 12.4. The third-order valence-corrected chi connectivity index (χ3v) is 9.56. The van der Waals surface area contributed by atoms with E-state index in [1.807, 2.05) is 31.2 Å².